The van der Waals surface area contributed by atoms with Crippen LogP contribution >= 0.6 is 0 Å². The molecule has 0 radical (unpaired) electrons. The summed E-state index contributed by atoms with van der Waals surface area (Å²) in [5.74, 6) is -0.449. The lowest BCUT2D eigenvalue weighted by molar-refractivity contribution is -0.114. The van der Waals surface area contributed by atoms with Gasteiger partial charge in [-0.25, -0.2) is 4.79 Å². The molecule has 1 saturated heterocycles. The Morgan fingerprint density at radius 1 is 1.50 bits per heavy atom. The quantitative estimate of drug-likeness (QED) is 0.466. The molecule has 2 heterocycles. The predicted molar refractivity (Wildman–Crippen MR) is 63.6 cm³/mol. The van der Waals surface area contributed by atoms with Gasteiger partial charge in [0.05, 0.1) is 12.8 Å². The lowest BCUT2D eigenvalue weighted by atomic mass is 10.1. The third kappa shape index (κ3) is 2.67. The van der Waals surface area contributed by atoms with Crippen LogP contribution in [-0.4, -0.2) is 60.9 Å². The lowest BCUT2D eigenvalue weighted by Crippen LogP contribution is -2.37. The summed E-state index contributed by atoms with van der Waals surface area (Å²) >= 11 is 0. The van der Waals surface area contributed by atoms with Gasteiger partial charge in [0.1, 0.15) is 18.3 Å². The third-order valence-electron chi connectivity index (χ3n) is 2.78. The second kappa shape index (κ2) is 5.63. The molecule has 0 bridgehead atoms. The number of nitrogens with zero attached hydrogens (tertiary/aromatic N) is 3. The summed E-state index contributed by atoms with van der Waals surface area (Å²) in [6.07, 6.45) is -3.93. The lowest BCUT2D eigenvalue weighted by Gasteiger charge is -2.15. The normalized spacial score (nSPS) is 29.4. The number of aliphatic hydroxyl groups is 3. The van der Waals surface area contributed by atoms with Crippen molar-refractivity contribution in [2.45, 2.75) is 31.5 Å². The first-order chi connectivity index (χ1) is 9.43. The van der Waals surface area contributed by atoms with Gasteiger partial charge in [0.2, 0.25) is 5.91 Å². The second-order valence-corrected chi connectivity index (χ2v) is 4.28. The Morgan fingerprint density at radius 2 is 2.20 bits per heavy atom. The number of anilines is 1. The Morgan fingerprint density at radius 3 is 2.70 bits per heavy atom. The molecule has 0 aliphatic carbocycles. The van der Waals surface area contributed by atoms with Crippen molar-refractivity contribution in [3.63, 3.8) is 0 Å². The van der Waals surface area contributed by atoms with Gasteiger partial charge >= 0.3 is 5.69 Å². The summed E-state index contributed by atoms with van der Waals surface area (Å²) in [5, 5.41) is 34.3. The van der Waals surface area contributed by atoms with Crippen LogP contribution in [0.1, 0.15) is 13.2 Å². The first kappa shape index (κ1) is 14.5. The summed E-state index contributed by atoms with van der Waals surface area (Å²) in [7, 11) is 0. The summed E-state index contributed by atoms with van der Waals surface area (Å²) in [6.45, 7) is 0.736. The van der Waals surface area contributed by atoms with Crippen molar-refractivity contribution in [3.05, 3.63) is 16.7 Å². The first-order valence-electron chi connectivity index (χ1n) is 5.80. The highest BCUT2D eigenvalue weighted by molar-refractivity contribution is 5.87. The minimum absolute atomic E-state index is 0.0366. The molecule has 4 atom stereocenters. The Kier molecular flexibility index (Phi) is 4.09. The van der Waals surface area contributed by atoms with E-state index in [1.807, 2.05) is 0 Å². The van der Waals surface area contributed by atoms with Gasteiger partial charge in [0.25, 0.3) is 0 Å². The largest absolute Gasteiger partial charge is 0.394 e. The number of nitrogens with one attached hydrogen (secondary N) is 1. The van der Waals surface area contributed by atoms with E-state index in [0.717, 1.165) is 10.9 Å². The van der Waals surface area contributed by atoms with Crippen molar-refractivity contribution in [2.24, 2.45) is 0 Å². The van der Waals surface area contributed by atoms with E-state index >= 15 is 0 Å². The summed E-state index contributed by atoms with van der Waals surface area (Å²) in [4.78, 5) is 26.1. The van der Waals surface area contributed by atoms with E-state index in [1.54, 1.807) is 0 Å². The molecular weight excluding hydrogens is 272 g/mol. The van der Waals surface area contributed by atoms with E-state index in [9.17, 15) is 19.8 Å². The summed E-state index contributed by atoms with van der Waals surface area (Å²) in [6, 6.07) is 0. The number of aliphatic hydroxyl groups excluding tert-OH is 3. The van der Waals surface area contributed by atoms with Gasteiger partial charge in [-0.3, -0.25) is 4.79 Å². The number of aromatic nitrogens is 3. The second-order valence-electron chi connectivity index (χ2n) is 4.28. The number of carbonyl (C=O) groups excluding carboxylic acids is 1. The highest BCUT2D eigenvalue weighted by Crippen LogP contribution is 2.27. The fraction of sp³-hybridized carbons (Fsp3) is 0.600. The van der Waals surface area contributed by atoms with Gasteiger partial charge in [0, 0.05) is 6.92 Å². The smallest absolute Gasteiger partial charge is 0.368 e. The number of amides is 1. The SMILES string of the molecule is CC(=O)Nc1cnn([C@@H]2O[C@H](CO)C(O)C2O)c(=O)n1. The van der Waals surface area contributed by atoms with Gasteiger partial charge in [-0.05, 0) is 0 Å². The van der Waals surface area contributed by atoms with Crippen molar-refractivity contribution in [1.29, 1.82) is 0 Å². The Hall–Kier alpha value is -1.88. The molecule has 1 fully saturated rings. The Bertz CT molecular complexity index is 561. The molecule has 10 nitrogen and oxygen atoms in total. The maximum absolute atomic E-state index is 11.8. The van der Waals surface area contributed by atoms with Crippen LogP contribution in [0.2, 0.25) is 0 Å². The Balaban J connectivity index is 2.26. The molecule has 4 N–H and O–H groups in total. The van der Waals surface area contributed by atoms with Crippen molar-refractivity contribution >= 4 is 11.7 Å². The highest BCUT2D eigenvalue weighted by Gasteiger charge is 2.44. The van der Waals surface area contributed by atoms with Crippen molar-refractivity contribution < 1.29 is 24.9 Å². The zero-order valence-electron chi connectivity index (χ0n) is 10.5. The zero-order valence-corrected chi connectivity index (χ0v) is 10.5. The molecule has 0 spiro atoms. The summed E-state index contributed by atoms with van der Waals surface area (Å²) in [5.41, 5.74) is -0.869. The van der Waals surface area contributed by atoms with Crippen molar-refractivity contribution in [3.8, 4) is 0 Å². The number of rotatable bonds is 3. The van der Waals surface area contributed by atoms with Crippen molar-refractivity contribution in [2.75, 3.05) is 11.9 Å². The average Bonchev–Trinajstić information content (AvgIpc) is 2.66. The molecule has 1 aromatic heterocycles. The van der Waals surface area contributed by atoms with Crippen LogP contribution in [0.3, 0.4) is 0 Å². The van der Waals surface area contributed by atoms with Gasteiger partial charge in [-0.15, -0.1) is 0 Å². The van der Waals surface area contributed by atoms with E-state index in [4.69, 9.17) is 9.84 Å². The van der Waals surface area contributed by atoms with E-state index in [1.165, 1.54) is 6.92 Å². The van der Waals surface area contributed by atoms with Crippen LogP contribution in [0.4, 0.5) is 5.82 Å². The minimum Gasteiger partial charge on any atom is -0.394 e. The number of hydrogen-bond donors (Lipinski definition) is 4. The monoisotopic (exact) mass is 286 g/mol. The molecule has 1 aromatic rings. The molecular formula is C10H14N4O6. The molecule has 10 heteroatoms. The highest BCUT2D eigenvalue weighted by atomic mass is 16.6. The van der Waals surface area contributed by atoms with Gasteiger partial charge in [-0.1, -0.05) is 0 Å². The zero-order chi connectivity index (χ0) is 14.9. The fourth-order valence-electron chi connectivity index (χ4n) is 1.85. The van der Waals surface area contributed by atoms with E-state index in [2.05, 4.69) is 15.4 Å². The maximum Gasteiger partial charge on any atom is 0.368 e. The third-order valence-corrected chi connectivity index (χ3v) is 2.78. The molecule has 1 amide bonds. The standard InChI is InChI=1S/C10H14N4O6/c1-4(16)12-6-2-11-14(10(19)13-6)9-8(18)7(17)5(3-15)20-9/h2,5,7-9,15,17-18H,3H2,1H3,(H,12,13,16,19)/t5-,7?,8?,9-/m1/s1. The fourth-order valence-corrected chi connectivity index (χ4v) is 1.85. The molecule has 0 aromatic carbocycles. The molecule has 2 rings (SSSR count). The van der Waals surface area contributed by atoms with E-state index < -0.39 is 42.7 Å². The van der Waals surface area contributed by atoms with Crippen LogP contribution in [0, 0.1) is 0 Å². The van der Waals surface area contributed by atoms with Crippen LogP contribution in [-0.2, 0) is 9.53 Å². The van der Waals surface area contributed by atoms with Gasteiger partial charge in [-0.2, -0.15) is 14.8 Å². The predicted octanol–water partition coefficient (Wildman–Crippen LogP) is -2.79. The average molecular weight is 286 g/mol. The maximum atomic E-state index is 11.8. The van der Waals surface area contributed by atoms with Crippen LogP contribution in [0.25, 0.3) is 0 Å². The van der Waals surface area contributed by atoms with Crippen LogP contribution in [0.15, 0.2) is 11.0 Å². The van der Waals surface area contributed by atoms with Crippen LogP contribution in [0.5, 0.6) is 0 Å². The van der Waals surface area contributed by atoms with Crippen molar-refractivity contribution in [1.82, 2.24) is 14.8 Å². The number of ether oxygens (including phenoxy) is 1. The van der Waals surface area contributed by atoms with Crippen LogP contribution < -0.4 is 11.0 Å². The molecule has 20 heavy (non-hydrogen) atoms. The topological polar surface area (TPSA) is 147 Å². The van der Waals surface area contributed by atoms with E-state index in [0.29, 0.717) is 0 Å². The van der Waals surface area contributed by atoms with E-state index in [-0.39, 0.29) is 5.82 Å². The molecule has 2 unspecified atom stereocenters. The molecule has 1 aliphatic rings. The van der Waals surface area contributed by atoms with Gasteiger partial charge < -0.3 is 25.4 Å². The first-order valence-corrected chi connectivity index (χ1v) is 5.80. The summed E-state index contributed by atoms with van der Waals surface area (Å²) < 4.78 is 5.88. The molecule has 0 saturated carbocycles. The molecule has 1 aliphatic heterocycles. The molecule has 110 valence electrons. The Labute approximate surface area is 112 Å². The minimum atomic E-state index is -1.43. The number of hydrogen-bond acceptors (Lipinski definition) is 8. The van der Waals surface area contributed by atoms with Gasteiger partial charge in [0.15, 0.2) is 12.0 Å². The number of carbonyl (C=O) groups is 1.